The first-order valence-corrected chi connectivity index (χ1v) is 7.80. The van der Waals surface area contributed by atoms with Gasteiger partial charge in [-0.2, -0.15) is 9.78 Å². The molecule has 0 aliphatic carbocycles. The van der Waals surface area contributed by atoms with Crippen LogP contribution in [0.3, 0.4) is 0 Å². The number of rotatable bonds is 2. The molecule has 2 heterocycles. The van der Waals surface area contributed by atoms with E-state index in [1.807, 2.05) is 43.3 Å². The predicted octanol–water partition coefficient (Wildman–Crippen LogP) is 3.72. The predicted molar refractivity (Wildman–Crippen MR) is 97.0 cm³/mol. The summed E-state index contributed by atoms with van der Waals surface area (Å²) in [5.41, 5.74) is 3.58. The molecule has 118 valence electrons. The van der Waals surface area contributed by atoms with Gasteiger partial charge in [0.15, 0.2) is 0 Å². The maximum atomic E-state index is 12.6. The summed E-state index contributed by atoms with van der Waals surface area (Å²) in [6.45, 7) is 2.01. The van der Waals surface area contributed by atoms with E-state index in [4.69, 9.17) is 11.6 Å². The maximum absolute atomic E-state index is 12.6. The van der Waals surface area contributed by atoms with Gasteiger partial charge in [-0.25, -0.2) is 4.98 Å². The van der Waals surface area contributed by atoms with Gasteiger partial charge in [-0.1, -0.05) is 41.4 Å². The molecule has 4 aromatic rings. The Hall–Kier alpha value is -2.92. The molecule has 0 saturated carbocycles. The van der Waals surface area contributed by atoms with Gasteiger partial charge in [0.2, 0.25) is 0 Å². The molecule has 0 aliphatic rings. The fourth-order valence-electron chi connectivity index (χ4n) is 2.65. The second kappa shape index (κ2) is 5.62. The van der Waals surface area contributed by atoms with Crippen LogP contribution in [0.1, 0.15) is 11.1 Å². The van der Waals surface area contributed by atoms with Gasteiger partial charge in [-0.15, -0.1) is 0 Å². The zero-order valence-electron chi connectivity index (χ0n) is 12.8. The van der Waals surface area contributed by atoms with E-state index in [2.05, 4.69) is 15.1 Å². The largest absolute Gasteiger partial charge is 0.349 e. The molecule has 24 heavy (non-hydrogen) atoms. The average molecular weight is 337 g/mol. The van der Waals surface area contributed by atoms with Crippen molar-refractivity contribution in [3.63, 3.8) is 0 Å². The molecule has 5 nitrogen and oxygen atoms in total. The SMILES string of the molecule is Cc1ccc2[nH]c3c(=O)n(N=Cc4ccccc4Cl)cnc3c2c1. The lowest BCUT2D eigenvalue weighted by Crippen LogP contribution is -2.17. The van der Waals surface area contributed by atoms with Crippen molar-refractivity contribution in [2.75, 3.05) is 0 Å². The van der Waals surface area contributed by atoms with E-state index in [-0.39, 0.29) is 5.56 Å². The molecule has 0 fully saturated rings. The minimum atomic E-state index is -0.253. The van der Waals surface area contributed by atoms with Gasteiger partial charge in [0.1, 0.15) is 17.4 Å². The number of benzene rings is 2. The molecule has 0 spiro atoms. The summed E-state index contributed by atoms with van der Waals surface area (Å²) in [4.78, 5) is 20.2. The van der Waals surface area contributed by atoms with E-state index in [0.29, 0.717) is 16.1 Å². The number of H-pyrrole nitrogens is 1. The summed E-state index contributed by atoms with van der Waals surface area (Å²) >= 11 is 6.09. The van der Waals surface area contributed by atoms with Crippen molar-refractivity contribution in [1.29, 1.82) is 0 Å². The first-order valence-electron chi connectivity index (χ1n) is 7.42. The van der Waals surface area contributed by atoms with Gasteiger partial charge in [0.05, 0.1) is 6.21 Å². The summed E-state index contributed by atoms with van der Waals surface area (Å²) in [5, 5.41) is 5.70. The Morgan fingerprint density at radius 2 is 2.08 bits per heavy atom. The van der Waals surface area contributed by atoms with Crippen molar-refractivity contribution in [3.05, 3.63) is 75.3 Å². The van der Waals surface area contributed by atoms with Crippen LogP contribution in [-0.2, 0) is 0 Å². The summed E-state index contributed by atoms with van der Waals surface area (Å²) in [7, 11) is 0. The Labute approximate surface area is 142 Å². The van der Waals surface area contributed by atoms with Crippen LogP contribution in [0.2, 0.25) is 5.02 Å². The van der Waals surface area contributed by atoms with Crippen LogP contribution in [0.4, 0.5) is 0 Å². The molecule has 4 rings (SSSR count). The highest BCUT2D eigenvalue weighted by molar-refractivity contribution is 6.33. The van der Waals surface area contributed by atoms with Crippen molar-refractivity contribution >= 4 is 39.8 Å². The Morgan fingerprint density at radius 3 is 2.92 bits per heavy atom. The van der Waals surface area contributed by atoms with Crippen LogP contribution in [-0.4, -0.2) is 20.9 Å². The number of hydrogen-bond acceptors (Lipinski definition) is 3. The number of aromatic nitrogens is 3. The van der Waals surface area contributed by atoms with Gasteiger partial charge < -0.3 is 4.98 Å². The van der Waals surface area contributed by atoms with Crippen LogP contribution < -0.4 is 5.56 Å². The van der Waals surface area contributed by atoms with Crippen LogP contribution in [0.5, 0.6) is 0 Å². The van der Waals surface area contributed by atoms with Crippen molar-refractivity contribution in [3.8, 4) is 0 Å². The van der Waals surface area contributed by atoms with E-state index >= 15 is 0 Å². The first-order chi connectivity index (χ1) is 11.6. The number of halogens is 1. The summed E-state index contributed by atoms with van der Waals surface area (Å²) < 4.78 is 1.20. The Kier molecular flexibility index (Phi) is 3.43. The number of aryl methyl sites for hydroxylation is 1. The van der Waals surface area contributed by atoms with Gasteiger partial charge in [-0.3, -0.25) is 4.79 Å². The summed E-state index contributed by atoms with van der Waals surface area (Å²) in [5.74, 6) is 0. The lowest BCUT2D eigenvalue weighted by Gasteiger charge is -1.99. The molecule has 6 heteroatoms. The van der Waals surface area contributed by atoms with E-state index < -0.39 is 0 Å². The number of hydrogen-bond donors (Lipinski definition) is 1. The van der Waals surface area contributed by atoms with Crippen molar-refractivity contribution in [1.82, 2.24) is 14.6 Å². The van der Waals surface area contributed by atoms with Gasteiger partial charge in [0.25, 0.3) is 5.56 Å². The topological polar surface area (TPSA) is 63.0 Å². The minimum absolute atomic E-state index is 0.253. The van der Waals surface area contributed by atoms with Crippen LogP contribution in [0.25, 0.3) is 21.9 Å². The average Bonchev–Trinajstić information content (AvgIpc) is 2.94. The Balaban J connectivity index is 1.86. The molecule has 0 atom stereocenters. The van der Waals surface area contributed by atoms with Crippen molar-refractivity contribution in [2.45, 2.75) is 6.92 Å². The zero-order chi connectivity index (χ0) is 16.7. The third kappa shape index (κ3) is 2.39. The van der Waals surface area contributed by atoms with Gasteiger partial charge >= 0.3 is 0 Å². The third-order valence-corrected chi connectivity index (χ3v) is 4.22. The highest BCUT2D eigenvalue weighted by Gasteiger charge is 2.10. The van der Waals surface area contributed by atoms with Crippen molar-refractivity contribution in [2.24, 2.45) is 5.10 Å². The monoisotopic (exact) mass is 336 g/mol. The number of fused-ring (bicyclic) bond motifs is 3. The van der Waals surface area contributed by atoms with Crippen LogP contribution in [0, 0.1) is 6.92 Å². The van der Waals surface area contributed by atoms with Crippen molar-refractivity contribution < 1.29 is 0 Å². The van der Waals surface area contributed by atoms with Gasteiger partial charge in [-0.05, 0) is 25.1 Å². The van der Waals surface area contributed by atoms with E-state index in [0.717, 1.165) is 22.0 Å². The molecule has 0 amide bonds. The molecule has 0 saturated heterocycles. The quantitative estimate of drug-likeness (QED) is 0.567. The zero-order valence-corrected chi connectivity index (χ0v) is 13.6. The molecule has 0 unspecified atom stereocenters. The van der Waals surface area contributed by atoms with E-state index in [1.165, 1.54) is 11.0 Å². The number of nitrogens with one attached hydrogen (secondary N) is 1. The summed E-state index contributed by atoms with van der Waals surface area (Å²) in [6.07, 6.45) is 2.97. The molecule has 0 bridgehead atoms. The molecule has 2 aromatic carbocycles. The lowest BCUT2D eigenvalue weighted by molar-refractivity contribution is 0.815. The molecule has 2 aromatic heterocycles. The van der Waals surface area contributed by atoms with Crippen LogP contribution in [0.15, 0.2) is 58.7 Å². The standard InChI is InChI=1S/C18H13ClN4O/c1-11-6-7-15-13(8-11)16-17(22-15)18(24)23(10-20-16)21-9-12-4-2-3-5-14(12)19/h2-10,22H,1H3. The molecule has 1 N–H and O–H groups in total. The first kappa shape index (κ1) is 14.7. The molecule has 0 aliphatic heterocycles. The Bertz CT molecular complexity index is 1160. The fraction of sp³-hybridized carbons (Fsp3) is 0.0556. The highest BCUT2D eigenvalue weighted by Crippen LogP contribution is 2.22. The number of nitrogens with zero attached hydrogens (tertiary/aromatic N) is 3. The highest BCUT2D eigenvalue weighted by atomic mass is 35.5. The molecule has 0 radical (unpaired) electrons. The number of aromatic amines is 1. The van der Waals surface area contributed by atoms with E-state index in [1.54, 1.807) is 12.3 Å². The minimum Gasteiger partial charge on any atom is -0.349 e. The fourth-order valence-corrected chi connectivity index (χ4v) is 2.83. The van der Waals surface area contributed by atoms with E-state index in [9.17, 15) is 4.79 Å². The second-order valence-corrected chi connectivity index (χ2v) is 5.97. The summed E-state index contributed by atoms with van der Waals surface area (Å²) in [6, 6.07) is 13.2. The maximum Gasteiger partial charge on any atom is 0.298 e. The second-order valence-electron chi connectivity index (χ2n) is 5.56. The molecular formula is C18H13ClN4O. The Morgan fingerprint density at radius 1 is 1.25 bits per heavy atom. The lowest BCUT2D eigenvalue weighted by atomic mass is 10.2. The normalized spacial score (nSPS) is 11.8. The van der Waals surface area contributed by atoms with Crippen LogP contribution >= 0.6 is 11.6 Å². The third-order valence-electron chi connectivity index (χ3n) is 3.87. The van der Waals surface area contributed by atoms with Gasteiger partial charge in [0, 0.05) is 21.5 Å². The molecular weight excluding hydrogens is 324 g/mol. The smallest absolute Gasteiger partial charge is 0.298 e.